The molecule has 0 bridgehead atoms. The molecule has 0 aliphatic carbocycles. The van der Waals surface area contributed by atoms with Crippen molar-refractivity contribution in [3.63, 3.8) is 0 Å². The number of ether oxygens (including phenoxy) is 1. The summed E-state index contributed by atoms with van der Waals surface area (Å²) in [7, 11) is 0. The van der Waals surface area contributed by atoms with Gasteiger partial charge in [0.15, 0.2) is 0 Å². The van der Waals surface area contributed by atoms with E-state index >= 15 is 0 Å². The molecular weight excluding hydrogens is 356 g/mol. The van der Waals surface area contributed by atoms with Gasteiger partial charge in [0, 0.05) is 11.6 Å². The first kappa shape index (κ1) is 19.2. The molecule has 0 aromatic heterocycles. The Kier molecular flexibility index (Phi) is 6.54. The molecule has 0 heterocycles. The minimum Gasteiger partial charge on any atom is -0.434 e. The summed E-state index contributed by atoms with van der Waals surface area (Å²) in [5.41, 5.74) is -0.00324. The van der Waals surface area contributed by atoms with E-state index in [1.807, 2.05) is 0 Å². The van der Waals surface area contributed by atoms with E-state index in [9.17, 15) is 22.4 Å². The number of alkyl halides is 2. The fourth-order valence-electron chi connectivity index (χ4n) is 1.84. The molecule has 0 aliphatic heterocycles. The van der Waals surface area contributed by atoms with Crippen LogP contribution in [0.15, 0.2) is 47.6 Å². The summed E-state index contributed by atoms with van der Waals surface area (Å²) in [5, 5.41) is 5.76. The predicted octanol–water partition coefficient (Wildman–Crippen LogP) is 3.94. The Hall–Kier alpha value is -3.10. The largest absolute Gasteiger partial charge is 0.434 e. The molecule has 0 fully saturated rings. The average molecular weight is 370 g/mol. The van der Waals surface area contributed by atoms with Crippen molar-refractivity contribution in [2.24, 2.45) is 5.16 Å². The first-order valence-corrected chi connectivity index (χ1v) is 7.35. The Morgan fingerprint density at radius 3 is 2.62 bits per heavy atom. The number of anilines is 1. The fourth-order valence-corrected chi connectivity index (χ4v) is 1.84. The lowest BCUT2D eigenvalue weighted by molar-refractivity contribution is -0.126. The summed E-state index contributed by atoms with van der Waals surface area (Å²) in [5.74, 6) is -2.56. The Balaban J connectivity index is 1.96. The number of hydrogen-bond donors (Lipinski definition) is 1. The summed E-state index contributed by atoms with van der Waals surface area (Å²) in [6, 6.07) is 8.54. The number of carbonyl (C=O) groups excluding carboxylic acids is 1. The highest BCUT2D eigenvalue weighted by molar-refractivity contribution is 5.94. The minimum atomic E-state index is -3.00. The van der Waals surface area contributed by atoms with E-state index in [4.69, 9.17) is 4.84 Å². The first-order valence-electron chi connectivity index (χ1n) is 7.35. The zero-order valence-corrected chi connectivity index (χ0v) is 13.5. The number of halogens is 4. The minimum absolute atomic E-state index is 0.111. The molecule has 0 spiro atoms. The molecule has 138 valence electrons. The van der Waals surface area contributed by atoms with E-state index < -0.39 is 30.3 Å². The van der Waals surface area contributed by atoms with Gasteiger partial charge in [0.2, 0.25) is 6.10 Å². The third kappa shape index (κ3) is 5.47. The lowest BCUT2D eigenvalue weighted by Gasteiger charge is -2.11. The Morgan fingerprint density at radius 2 is 1.92 bits per heavy atom. The number of benzene rings is 2. The van der Waals surface area contributed by atoms with Crippen LogP contribution in [0.1, 0.15) is 12.5 Å². The smallest absolute Gasteiger partial charge is 0.387 e. The molecule has 5 nitrogen and oxygen atoms in total. The van der Waals surface area contributed by atoms with Crippen molar-refractivity contribution >= 4 is 17.8 Å². The van der Waals surface area contributed by atoms with Crippen LogP contribution in [-0.2, 0) is 9.63 Å². The molecule has 26 heavy (non-hydrogen) atoms. The molecule has 1 atom stereocenters. The molecule has 0 aliphatic rings. The highest BCUT2D eigenvalue weighted by Crippen LogP contribution is 2.19. The van der Waals surface area contributed by atoms with Gasteiger partial charge in [-0.1, -0.05) is 17.3 Å². The Bertz CT molecular complexity index is 799. The molecule has 9 heteroatoms. The Labute approximate surface area is 146 Å². The van der Waals surface area contributed by atoms with Crippen molar-refractivity contribution in [2.45, 2.75) is 19.6 Å². The Morgan fingerprint density at radius 1 is 1.19 bits per heavy atom. The molecule has 1 unspecified atom stereocenters. The quantitative estimate of drug-likeness (QED) is 0.456. The zero-order chi connectivity index (χ0) is 19.1. The number of hydrogen-bond acceptors (Lipinski definition) is 4. The van der Waals surface area contributed by atoms with Crippen LogP contribution in [0.2, 0.25) is 0 Å². The van der Waals surface area contributed by atoms with Crippen LogP contribution in [0, 0.1) is 11.6 Å². The maximum Gasteiger partial charge on any atom is 0.387 e. The molecule has 1 N–H and O–H groups in total. The number of nitrogens with one attached hydrogen (secondary N) is 1. The van der Waals surface area contributed by atoms with Gasteiger partial charge in [-0.3, -0.25) is 4.79 Å². The van der Waals surface area contributed by atoms with Crippen LogP contribution in [0.3, 0.4) is 0 Å². The summed E-state index contributed by atoms with van der Waals surface area (Å²) >= 11 is 0. The SMILES string of the molecule is CC(O/N=C/c1ccccc1OC(F)F)C(=O)Nc1ccc(F)cc1F. The van der Waals surface area contributed by atoms with Crippen LogP contribution in [0.4, 0.5) is 23.2 Å². The second kappa shape index (κ2) is 8.84. The van der Waals surface area contributed by atoms with Gasteiger partial charge in [0.1, 0.15) is 17.4 Å². The van der Waals surface area contributed by atoms with Crippen molar-refractivity contribution in [1.29, 1.82) is 0 Å². The second-order valence-corrected chi connectivity index (χ2v) is 5.01. The summed E-state index contributed by atoms with van der Waals surface area (Å²) < 4.78 is 55.3. The van der Waals surface area contributed by atoms with Crippen LogP contribution in [0.25, 0.3) is 0 Å². The van der Waals surface area contributed by atoms with E-state index in [2.05, 4.69) is 15.2 Å². The molecule has 0 saturated heterocycles. The summed E-state index contributed by atoms with van der Waals surface area (Å²) in [4.78, 5) is 16.8. The maximum atomic E-state index is 13.5. The van der Waals surface area contributed by atoms with E-state index in [1.165, 1.54) is 25.1 Å². The summed E-state index contributed by atoms with van der Waals surface area (Å²) in [6.45, 7) is -1.66. The lowest BCUT2D eigenvalue weighted by atomic mass is 10.2. The number of carbonyl (C=O) groups is 1. The van der Waals surface area contributed by atoms with Crippen LogP contribution < -0.4 is 10.1 Å². The highest BCUT2D eigenvalue weighted by Gasteiger charge is 2.16. The molecule has 2 rings (SSSR count). The normalized spacial score (nSPS) is 12.2. The molecule has 1 amide bonds. The van der Waals surface area contributed by atoms with Gasteiger partial charge in [-0.25, -0.2) is 8.78 Å². The summed E-state index contributed by atoms with van der Waals surface area (Å²) in [6.07, 6.45) is -0.0288. The zero-order valence-electron chi connectivity index (χ0n) is 13.5. The fraction of sp³-hybridized carbons (Fsp3) is 0.176. The molecule has 2 aromatic carbocycles. The lowest BCUT2D eigenvalue weighted by Crippen LogP contribution is -2.26. The number of nitrogens with zero attached hydrogens (tertiary/aromatic N) is 1. The van der Waals surface area contributed by atoms with Crippen LogP contribution in [-0.4, -0.2) is 24.8 Å². The van der Waals surface area contributed by atoms with Crippen molar-refractivity contribution in [3.8, 4) is 5.75 Å². The molecule has 0 radical (unpaired) electrons. The van der Waals surface area contributed by atoms with Gasteiger partial charge < -0.3 is 14.9 Å². The number of oxime groups is 1. The van der Waals surface area contributed by atoms with Crippen LogP contribution in [0.5, 0.6) is 5.75 Å². The third-order valence-corrected chi connectivity index (χ3v) is 3.10. The second-order valence-electron chi connectivity index (χ2n) is 5.01. The molecule has 0 saturated carbocycles. The van der Waals surface area contributed by atoms with Gasteiger partial charge in [-0.15, -0.1) is 0 Å². The van der Waals surface area contributed by atoms with Crippen molar-refractivity contribution in [2.75, 3.05) is 5.32 Å². The van der Waals surface area contributed by atoms with Gasteiger partial charge in [0.05, 0.1) is 11.9 Å². The number of para-hydroxylation sites is 1. The van der Waals surface area contributed by atoms with Crippen molar-refractivity contribution in [3.05, 3.63) is 59.7 Å². The molecular formula is C17H14F4N2O3. The number of rotatable bonds is 7. The van der Waals surface area contributed by atoms with Crippen molar-refractivity contribution < 1.29 is 31.9 Å². The van der Waals surface area contributed by atoms with Gasteiger partial charge in [0.25, 0.3) is 5.91 Å². The van der Waals surface area contributed by atoms with E-state index in [-0.39, 0.29) is 17.0 Å². The van der Waals surface area contributed by atoms with E-state index in [0.717, 1.165) is 18.3 Å². The van der Waals surface area contributed by atoms with Crippen LogP contribution >= 0.6 is 0 Å². The standard InChI is InChI=1S/C17H14F4N2O3/c1-10(16(24)23-14-7-6-12(18)8-13(14)19)26-22-9-11-4-2-3-5-15(11)25-17(20)21/h2-10,17H,1H3,(H,23,24)/b22-9+. The predicted molar refractivity (Wildman–Crippen MR) is 86.2 cm³/mol. The van der Waals surface area contributed by atoms with Gasteiger partial charge in [-0.2, -0.15) is 8.78 Å². The maximum absolute atomic E-state index is 13.5. The van der Waals surface area contributed by atoms with Gasteiger partial charge >= 0.3 is 6.61 Å². The highest BCUT2D eigenvalue weighted by atomic mass is 19.3. The number of amides is 1. The monoisotopic (exact) mass is 370 g/mol. The molecule has 2 aromatic rings. The van der Waals surface area contributed by atoms with E-state index in [1.54, 1.807) is 6.07 Å². The van der Waals surface area contributed by atoms with Crippen molar-refractivity contribution in [1.82, 2.24) is 0 Å². The van der Waals surface area contributed by atoms with Gasteiger partial charge in [-0.05, 0) is 31.2 Å². The average Bonchev–Trinajstić information content (AvgIpc) is 2.58. The first-order chi connectivity index (χ1) is 12.4. The van der Waals surface area contributed by atoms with E-state index in [0.29, 0.717) is 6.07 Å². The topological polar surface area (TPSA) is 59.9 Å². The third-order valence-electron chi connectivity index (χ3n) is 3.10.